The fraction of sp³-hybridized carbons (Fsp3) is 0.333. The van der Waals surface area contributed by atoms with Crippen LogP contribution in [0.4, 0.5) is 0 Å². The lowest BCUT2D eigenvalue weighted by molar-refractivity contribution is 0.174. The average molecular weight is 285 g/mol. The van der Waals surface area contributed by atoms with Crippen LogP contribution in [-0.2, 0) is 6.54 Å². The van der Waals surface area contributed by atoms with Gasteiger partial charge in [0.15, 0.2) is 0 Å². The summed E-state index contributed by atoms with van der Waals surface area (Å²) in [5.74, 6) is 0. The molecule has 3 heteroatoms. The lowest BCUT2D eigenvalue weighted by Crippen LogP contribution is -2.28. The van der Waals surface area contributed by atoms with E-state index in [4.69, 9.17) is 10.2 Å². The first-order chi connectivity index (χ1) is 10.3. The SMILES string of the molecule is OCCCN(CCO)Cc1ccc(-c2ccccc2)cc1. The van der Waals surface area contributed by atoms with Crippen molar-refractivity contribution in [2.24, 2.45) is 0 Å². The molecule has 0 saturated heterocycles. The van der Waals surface area contributed by atoms with Gasteiger partial charge in [0.25, 0.3) is 0 Å². The molecule has 21 heavy (non-hydrogen) atoms. The highest BCUT2D eigenvalue weighted by Crippen LogP contribution is 2.19. The first-order valence-corrected chi connectivity index (χ1v) is 7.42. The Balaban J connectivity index is 2.01. The Morgan fingerprint density at radius 2 is 1.38 bits per heavy atom. The van der Waals surface area contributed by atoms with Gasteiger partial charge in [-0.15, -0.1) is 0 Å². The van der Waals surface area contributed by atoms with Gasteiger partial charge < -0.3 is 10.2 Å². The monoisotopic (exact) mass is 285 g/mol. The van der Waals surface area contributed by atoms with Crippen LogP contribution in [0.5, 0.6) is 0 Å². The highest BCUT2D eigenvalue weighted by atomic mass is 16.3. The van der Waals surface area contributed by atoms with E-state index < -0.39 is 0 Å². The summed E-state index contributed by atoms with van der Waals surface area (Å²) < 4.78 is 0. The van der Waals surface area contributed by atoms with E-state index in [-0.39, 0.29) is 13.2 Å². The Kier molecular flexibility index (Phi) is 6.41. The second-order valence-corrected chi connectivity index (χ2v) is 5.14. The molecule has 3 nitrogen and oxygen atoms in total. The van der Waals surface area contributed by atoms with Gasteiger partial charge >= 0.3 is 0 Å². The van der Waals surface area contributed by atoms with Gasteiger partial charge in [-0.1, -0.05) is 54.6 Å². The topological polar surface area (TPSA) is 43.7 Å². The number of hydrogen-bond donors (Lipinski definition) is 2. The van der Waals surface area contributed by atoms with Crippen molar-refractivity contribution in [2.75, 3.05) is 26.3 Å². The molecule has 0 unspecified atom stereocenters. The largest absolute Gasteiger partial charge is 0.396 e. The zero-order chi connectivity index (χ0) is 14.9. The molecule has 112 valence electrons. The predicted molar refractivity (Wildman–Crippen MR) is 85.9 cm³/mol. The summed E-state index contributed by atoms with van der Waals surface area (Å²) in [4.78, 5) is 2.16. The number of rotatable bonds is 8. The van der Waals surface area contributed by atoms with E-state index >= 15 is 0 Å². The summed E-state index contributed by atoms with van der Waals surface area (Å²) >= 11 is 0. The van der Waals surface area contributed by atoms with Crippen molar-refractivity contribution >= 4 is 0 Å². The van der Waals surface area contributed by atoms with Gasteiger partial charge in [-0.3, -0.25) is 4.90 Å². The van der Waals surface area contributed by atoms with Gasteiger partial charge in [0.05, 0.1) is 6.61 Å². The van der Waals surface area contributed by atoms with Crippen LogP contribution in [0.15, 0.2) is 54.6 Å². The van der Waals surface area contributed by atoms with Crippen LogP contribution >= 0.6 is 0 Å². The molecule has 0 amide bonds. The number of hydrogen-bond acceptors (Lipinski definition) is 3. The van der Waals surface area contributed by atoms with E-state index in [9.17, 15) is 0 Å². The highest BCUT2D eigenvalue weighted by Gasteiger charge is 2.05. The summed E-state index contributed by atoms with van der Waals surface area (Å²) in [6.07, 6.45) is 0.738. The number of aliphatic hydroxyl groups is 2. The zero-order valence-electron chi connectivity index (χ0n) is 12.3. The fourth-order valence-corrected chi connectivity index (χ4v) is 2.40. The predicted octanol–water partition coefficient (Wildman–Crippen LogP) is 2.53. The highest BCUT2D eigenvalue weighted by molar-refractivity contribution is 5.63. The number of benzene rings is 2. The maximum absolute atomic E-state index is 9.10. The minimum absolute atomic E-state index is 0.146. The molecule has 2 rings (SSSR count). The quantitative estimate of drug-likeness (QED) is 0.783. The lowest BCUT2D eigenvalue weighted by atomic mass is 10.0. The molecule has 0 spiro atoms. The third-order valence-electron chi connectivity index (χ3n) is 3.52. The standard InChI is InChI=1S/C18H23NO2/c20-13-4-11-19(12-14-21)15-16-7-9-18(10-8-16)17-5-2-1-3-6-17/h1-3,5-10,20-21H,4,11-15H2. The first kappa shape index (κ1) is 15.7. The molecule has 2 aromatic rings. The van der Waals surface area contributed by atoms with Crippen molar-refractivity contribution in [2.45, 2.75) is 13.0 Å². The Hall–Kier alpha value is -1.68. The van der Waals surface area contributed by atoms with Crippen LogP contribution in [0, 0.1) is 0 Å². The van der Waals surface area contributed by atoms with Crippen LogP contribution in [0.3, 0.4) is 0 Å². The van der Waals surface area contributed by atoms with Gasteiger partial charge in [0.1, 0.15) is 0 Å². The van der Waals surface area contributed by atoms with Crippen molar-refractivity contribution in [3.05, 3.63) is 60.2 Å². The molecule has 0 heterocycles. The third kappa shape index (κ3) is 4.97. The summed E-state index contributed by atoms with van der Waals surface area (Å²) in [7, 11) is 0. The van der Waals surface area contributed by atoms with Gasteiger partial charge in [0.2, 0.25) is 0 Å². The molecule has 0 atom stereocenters. The number of aliphatic hydroxyl groups excluding tert-OH is 2. The van der Waals surface area contributed by atoms with Crippen molar-refractivity contribution in [1.82, 2.24) is 4.90 Å². The van der Waals surface area contributed by atoms with Crippen LogP contribution < -0.4 is 0 Å². The van der Waals surface area contributed by atoms with Crippen LogP contribution in [0.2, 0.25) is 0 Å². The minimum Gasteiger partial charge on any atom is -0.396 e. The second-order valence-electron chi connectivity index (χ2n) is 5.14. The second kappa shape index (κ2) is 8.57. The molecule has 0 saturated carbocycles. The molecular formula is C18H23NO2. The molecule has 0 aromatic heterocycles. The van der Waals surface area contributed by atoms with Crippen LogP contribution in [0.25, 0.3) is 11.1 Å². The zero-order valence-corrected chi connectivity index (χ0v) is 12.3. The molecule has 0 aliphatic carbocycles. The molecule has 0 fully saturated rings. The van der Waals surface area contributed by atoms with E-state index in [2.05, 4.69) is 41.3 Å². The van der Waals surface area contributed by atoms with E-state index in [1.54, 1.807) is 0 Å². The van der Waals surface area contributed by atoms with E-state index in [1.807, 2.05) is 18.2 Å². The van der Waals surface area contributed by atoms with Crippen LogP contribution in [-0.4, -0.2) is 41.4 Å². The summed E-state index contributed by atoms with van der Waals surface area (Å²) in [6.45, 7) is 2.58. The van der Waals surface area contributed by atoms with Crippen molar-refractivity contribution in [3.8, 4) is 11.1 Å². The van der Waals surface area contributed by atoms with Crippen LogP contribution in [0.1, 0.15) is 12.0 Å². The van der Waals surface area contributed by atoms with Gasteiger partial charge in [-0.25, -0.2) is 0 Å². The van der Waals surface area contributed by atoms with Crippen molar-refractivity contribution in [1.29, 1.82) is 0 Å². The molecule has 0 aliphatic rings. The maximum Gasteiger partial charge on any atom is 0.0558 e. The molecular weight excluding hydrogens is 262 g/mol. The average Bonchev–Trinajstić information content (AvgIpc) is 2.54. The molecule has 0 radical (unpaired) electrons. The van der Waals surface area contributed by atoms with E-state index in [0.29, 0.717) is 6.54 Å². The smallest absolute Gasteiger partial charge is 0.0558 e. The third-order valence-corrected chi connectivity index (χ3v) is 3.52. The molecule has 2 N–H and O–H groups in total. The Labute approximate surface area is 126 Å². The van der Waals surface area contributed by atoms with Gasteiger partial charge in [-0.2, -0.15) is 0 Å². The van der Waals surface area contributed by atoms with E-state index in [0.717, 1.165) is 19.5 Å². The minimum atomic E-state index is 0.146. The first-order valence-electron chi connectivity index (χ1n) is 7.42. The normalized spacial score (nSPS) is 11.0. The molecule has 0 aliphatic heterocycles. The summed E-state index contributed by atoms with van der Waals surface area (Å²) in [5, 5.41) is 18.0. The molecule has 0 bridgehead atoms. The lowest BCUT2D eigenvalue weighted by Gasteiger charge is -2.21. The van der Waals surface area contributed by atoms with Crippen molar-refractivity contribution < 1.29 is 10.2 Å². The summed E-state index contributed by atoms with van der Waals surface area (Å²) in [5.41, 5.74) is 3.65. The Bertz CT molecular complexity index is 511. The summed E-state index contributed by atoms with van der Waals surface area (Å²) in [6, 6.07) is 18.8. The van der Waals surface area contributed by atoms with E-state index in [1.165, 1.54) is 16.7 Å². The fourth-order valence-electron chi connectivity index (χ4n) is 2.40. The van der Waals surface area contributed by atoms with Crippen molar-refractivity contribution in [3.63, 3.8) is 0 Å². The maximum atomic E-state index is 9.10. The van der Waals surface area contributed by atoms with Gasteiger partial charge in [-0.05, 0) is 23.1 Å². The Morgan fingerprint density at radius 1 is 0.714 bits per heavy atom. The molecule has 2 aromatic carbocycles. The number of nitrogens with zero attached hydrogens (tertiary/aromatic N) is 1. The Morgan fingerprint density at radius 3 is 2.00 bits per heavy atom. The van der Waals surface area contributed by atoms with Gasteiger partial charge in [0, 0.05) is 26.2 Å².